The van der Waals surface area contributed by atoms with Crippen molar-refractivity contribution in [1.82, 2.24) is 0 Å². The molecule has 3 nitrogen and oxygen atoms in total. The fourth-order valence-electron chi connectivity index (χ4n) is 4.61. The highest BCUT2D eigenvalue weighted by Crippen LogP contribution is 2.37. The van der Waals surface area contributed by atoms with E-state index >= 15 is 0 Å². The Morgan fingerprint density at radius 2 is 0.641 bits per heavy atom. The molecule has 6 aromatic carbocycles. The Balaban J connectivity index is 1.24. The van der Waals surface area contributed by atoms with Crippen molar-refractivity contribution >= 4 is 34.1 Å². The highest BCUT2D eigenvalue weighted by atomic mass is 16.5. The Labute approximate surface area is 231 Å². The lowest BCUT2D eigenvalue weighted by Crippen LogP contribution is -2.09. The lowest BCUT2D eigenvalue weighted by atomic mass is 10.2. The van der Waals surface area contributed by atoms with Crippen molar-refractivity contribution in [1.29, 1.82) is 0 Å². The van der Waals surface area contributed by atoms with E-state index in [2.05, 4.69) is 82.6 Å². The summed E-state index contributed by atoms with van der Waals surface area (Å²) in [7, 11) is 0. The van der Waals surface area contributed by atoms with Gasteiger partial charge >= 0.3 is 0 Å². The lowest BCUT2D eigenvalue weighted by Gasteiger charge is -2.26. The molecule has 188 valence electrons. The van der Waals surface area contributed by atoms with E-state index in [0.717, 1.165) is 45.6 Å². The van der Waals surface area contributed by atoms with Crippen LogP contribution in [0, 0.1) is 0 Å². The van der Waals surface area contributed by atoms with Gasteiger partial charge in [0.2, 0.25) is 0 Å². The summed E-state index contributed by atoms with van der Waals surface area (Å²) in [5.74, 6) is 1.51. The zero-order valence-corrected chi connectivity index (χ0v) is 21.4. The van der Waals surface area contributed by atoms with E-state index in [1.165, 1.54) is 0 Å². The summed E-state index contributed by atoms with van der Waals surface area (Å²) >= 11 is 0. The van der Waals surface area contributed by atoms with Gasteiger partial charge in [-0.3, -0.25) is 0 Å². The van der Waals surface area contributed by atoms with Crippen LogP contribution < -0.4 is 14.5 Å². The molecule has 0 aliphatic rings. The maximum absolute atomic E-state index is 8.10. The average molecular weight is 507 g/mol. The zero-order chi connectivity index (χ0) is 27.1. The molecular weight excluding hydrogens is 476 g/mol. The monoisotopic (exact) mass is 506 g/mol. The van der Waals surface area contributed by atoms with Crippen LogP contribution in [0.2, 0.25) is 0 Å². The minimum Gasteiger partial charge on any atom is -0.457 e. The maximum Gasteiger partial charge on any atom is 0.127 e. The van der Waals surface area contributed by atoms with Crippen molar-refractivity contribution in [3.63, 3.8) is 0 Å². The predicted molar refractivity (Wildman–Crippen MR) is 162 cm³/mol. The third kappa shape index (κ3) is 5.53. The molecule has 0 N–H and O–H groups in total. The molecule has 0 aromatic heterocycles. The van der Waals surface area contributed by atoms with E-state index in [4.69, 9.17) is 6.11 Å². The molecule has 39 heavy (non-hydrogen) atoms. The Kier molecular flexibility index (Phi) is 6.69. The minimum absolute atomic E-state index is 0.472. The summed E-state index contributed by atoms with van der Waals surface area (Å²) in [5, 5.41) is 0. The third-order valence-electron chi connectivity index (χ3n) is 6.42. The summed E-state index contributed by atoms with van der Waals surface area (Å²) in [4.78, 5) is 4.36. The molecule has 6 aromatic rings. The smallest absolute Gasteiger partial charge is 0.127 e. The van der Waals surface area contributed by atoms with Crippen LogP contribution in [0.25, 0.3) is 0 Å². The number of nitrogens with zero attached hydrogens (tertiary/aromatic N) is 2. The van der Waals surface area contributed by atoms with Crippen molar-refractivity contribution in [2.75, 3.05) is 9.80 Å². The molecular formula is C36H28N2O. The standard InChI is InChI=1S/C36H28N2O/c1-5-13-29(14-6-1)37(30-15-7-2-8-16-30)33-21-25-35(26-22-33)39-36-27-23-34(24-28-36)38(31-17-9-3-10-18-31)32-19-11-4-12-20-32/h1-28H/i5T. The van der Waals surface area contributed by atoms with E-state index in [1.807, 2.05) is 84.9 Å². The molecule has 3 heteroatoms. The van der Waals surface area contributed by atoms with Gasteiger partial charge in [0.15, 0.2) is 0 Å². The van der Waals surface area contributed by atoms with Crippen LogP contribution in [0.3, 0.4) is 0 Å². The number of hydrogen-bond acceptors (Lipinski definition) is 3. The summed E-state index contributed by atoms with van der Waals surface area (Å²) in [5.41, 5.74) is 6.19. The van der Waals surface area contributed by atoms with Gasteiger partial charge in [0, 0.05) is 34.1 Å². The maximum atomic E-state index is 8.10. The molecule has 0 amide bonds. The summed E-state index contributed by atoms with van der Waals surface area (Å²) in [6.45, 7) is 0. The van der Waals surface area contributed by atoms with Crippen molar-refractivity contribution in [3.05, 3.63) is 170 Å². The van der Waals surface area contributed by atoms with E-state index < -0.39 is 0 Å². The molecule has 0 heterocycles. The van der Waals surface area contributed by atoms with Crippen LogP contribution in [0.4, 0.5) is 34.1 Å². The number of benzene rings is 6. The molecule has 0 spiro atoms. The van der Waals surface area contributed by atoms with Gasteiger partial charge in [-0.2, -0.15) is 0 Å². The number of para-hydroxylation sites is 4. The molecule has 0 atom stereocenters. The van der Waals surface area contributed by atoms with Gasteiger partial charge in [-0.05, 0) is 97.1 Å². The molecule has 0 radical (unpaired) electrons. The molecule has 0 saturated heterocycles. The normalized spacial score (nSPS) is 10.9. The van der Waals surface area contributed by atoms with Gasteiger partial charge < -0.3 is 14.5 Å². The quantitative estimate of drug-likeness (QED) is 0.204. The minimum atomic E-state index is 0.472. The SMILES string of the molecule is [3H]c1cccc(N(c2ccccc2)c2ccc(Oc3ccc(N(c4ccccc4)c4ccccc4)cc3)cc2)c1. The van der Waals surface area contributed by atoms with E-state index in [9.17, 15) is 0 Å². The predicted octanol–water partition coefficient (Wildman–Crippen LogP) is 10.4. The van der Waals surface area contributed by atoms with Gasteiger partial charge in [0.1, 0.15) is 11.5 Å². The van der Waals surface area contributed by atoms with Gasteiger partial charge in [-0.15, -0.1) is 0 Å². The fourth-order valence-corrected chi connectivity index (χ4v) is 4.61. The first-order valence-corrected chi connectivity index (χ1v) is 12.9. The lowest BCUT2D eigenvalue weighted by molar-refractivity contribution is 0.483. The van der Waals surface area contributed by atoms with Gasteiger partial charge in [-0.1, -0.05) is 72.8 Å². The van der Waals surface area contributed by atoms with Crippen LogP contribution >= 0.6 is 0 Å². The zero-order valence-electron chi connectivity index (χ0n) is 22.4. The van der Waals surface area contributed by atoms with Crippen LogP contribution in [0.15, 0.2) is 170 Å². The summed E-state index contributed by atoms with van der Waals surface area (Å²) in [6, 6.07) is 55.1. The fraction of sp³-hybridized carbons (Fsp3) is 0. The highest BCUT2D eigenvalue weighted by Gasteiger charge is 2.13. The van der Waals surface area contributed by atoms with Crippen molar-refractivity contribution in [2.24, 2.45) is 0 Å². The van der Waals surface area contributed by atoms with Crippen LogP contribution in [0.1, 0.15) is 1.37 Å². The summed E-state index contributed by atoms with van der Waals surface area (Å²) < 4.78 is 14.3. The molecule has 0 fully saturated rings. The van der Waals surface area contributed by atoms with Gasteiger partial charge in [-0.25, -0.2) is 0 Å². The van der Waals surface area contributed by atoms with E-state index in [0.29, 0.717) is 6.04 Å². The van der Waals surface area contributed by atoms with Crippen LogP contribution in [-0.2, 0) is 0 Å². The van der Waals surface area contributed by atoms with Gasteiger partial charge in [0.25, 0.3) is 0 Å². The average Bonchev–Trinajstić information content (AvgIpc) is 3.01. The first-order valence-electron chi connectivity index (χ1n) is 13.4. The second kappa shape index (κ2) is 11.4. The van der Waals surface area contributed by atoms with E-state index in [1.54, 1.807) is 6.07 Å². The number of anilines is 6. The van der Waals surface area contributed by atoms with Crippen molar-refractivity contribution in [2.45, 2.75) is 0 Å². The molecule has 0 aliphatic carbocycles. The molecule has 6 rings (SSSR count). The summed E-state index contributed by atoms with van der Waals surface area (Å²) in [6.07, 6.45) is 0. The second-order valence-electron chi connectivity index (χ2n) is 9.03. The molecule has 0 bridgehead atoms. The largest absolute Gasteiger partial charge is 0.457 e. The van der Waals surface area contributed by atoms with Crippen molar-refractivity contribution < 1.29 is 6.11 Å². The number of rotatable bonds is 8. The first-order chi connectivity index (χ1) is 19.7. The first kappa shape index (κ1) is 22.9. The Morgan fingerprint density at radius 3 is 1.00 bits per heavy atom. The van der Waals surface area contributed by atoms with Gasteiger partial charge in [0.05, 0.1) is 1.37 Å². The Morgan fingerprint density at radius 1 is 0.333 bits per heavy atom. The van der Waals surface area contributed by atoms with Crippen LogP contribution in [-0.4, -0.2) is 0 Å². The second-order valence-corrected chi connectivity index (χ2v) is 9.03. The molecule has 0 unspecified atom stereocenters. The topological polar surface area (TPSA) is 15.7 Å². The number of ether oxygens (including phenoxy) is 1. The highest BCUT2D eigenvalue weighted by molar-refractivity contribution is 5.77. The van der Waals surface area contributed by atoms with E-state index in [-0.39, 0.29) is 0 Å². The molecule has 0 aliphatic heterocycles. The Hall–Kier alpha value is -5.28. The van der Waals surface area contributed by atoms with Crippen LogP contribution in [0.5, 0.6) is 11.5 Å². The third-order valence-corrected chi connectivity index (χ3v) is 6.42. The Bertz CT molecular complexity index is 1620. The number of hydrogen-bond donors (Lipinski definition) is 0. The van der Waals surface area contributed by atoms with Crippen molar-refractivity contribution in [3.8, 4) is 11.5 Å². The molecule has 0 saturated carbocycles.